The topological polar surface area (TPSA) is 31.2 Å². The highest BCUT2D eigenvalue weighted by Gasteiger charge is 2.11. The summed E-state index contributed by atoms with van der Waals surface area (Å²) >= 11 is 6.01. The Hall–Kier alpha value is -2.26. The van der Waals surface area contributed by atoms with Crippen molar-refractivity contribution in [1.29, 1.82) is 0 Å². The summed E-state index contributed by atoms with van der Waals surface area (Å²) < 4.78 is 6.89. The molecule has 3 nitrogen and oxygen atoms in total. The number of hydrogen-bond donors (Lipinski definition) is 0. The molecule has 22 heavy (non-hydrogen) atoms. The molecule has 0 aliphatic rings. The summed E-state index contributed by atoms with van der Waals surface area (Å²) in [4.78, 5) is 12.7. The monoisotopic (exact) mass is 313 g/mol. The zero-order valence-electron chi connectivity index (χ0n) is 12.4. The molecule has 0 saturated carbocycles. The third kappa shape index (κ3) is 2.60. The molecule has 3 aromatic rings. The number of fused-ring (bicyclic) bond motifs is 1. The lowest BCUT2D eigenvalue weighted by Gasteiger charge is -2.16. The highest BCUT2D eigenvalue weighted by Crippen LogP contribution is 2.22. The minimum absolute atomic E-state index is 0.0386. The van der Waals surface area contributed by atoms with Crippen LogP contribution >= 0.6 is 11.6 Å². The van der Waals surface area contributed by atoms with Gasteiger partial charge in [0.25, 0.3) is 5.56 Å². The molecule has 112 valence electrons. The van der Waals surface area contributed by atoms with Crippen LogP contribution in [0.5, 0.6) is 5.75 Å². The Morgan fingerprint density at radius 1 is 1.09 bits per heavy atom. The number of methoxy groups -OCH3 is 1. The molecule has 1 unspecified atom stereocenters. The van der Waals surface area contributed by atoms with E-state index in [1.54, 1.807) is 23.8 Å². The maximum Gasteiger partial charge on any atom is 0.259 e. The number of aromatic nitrogens is 1. The van der Waals surface area contributed by atoms with E-state index in [9.17, 15) is 4.79 Å². The number of nitrogens with zero attached hydrogens (tertiary/aromatic N) is 1. The Morgan fingerprint density at radius 3 is 2.50 bits per heavy atom. The third-order valence-electron chi connectivity index (χ3n) is 3.91. The molecule has 1 aromatic heterocycles. The molecule has 0 fully saturated rings. The van der Waals surface area contributed by atoms with E-state index in [-0.39, 0.29) is 11.6 Å². The largest absolute Gasteiger partial charge is 0.497 e. The van der Waals surface area contributed by atoms with Gasteiger partial charge in [0.1, 0.15) is 5.75 Å². The number of halogens is 1. The second-order valence-corrected chi connectivity index (χ2v) is 5.65. The van der Waals surface area contributed by atoms with Crippen LogP contribution in [0.2, 0.25) is 5.02 Å². The van der Waals surface area contributed by atoms with Crippen molar-refractivity contribution in [3.05, 3.63) is 75.7 Å². The van der Waals surface area contributed by atoms with E-state index in [4.69, 9.17) is 16.3 Å². The van der Waals surface area contributed by atoms with Crippen molar-refractivity contribution in [3.8, 4) is 5.75 Å². The van der Waals surface area contributed by atoms with Crippen molar-refractivity contribution in [2.75, 3.05) is 7.11 Å². The predicted octanol–water partition coefficient (Wildman–Crippen LogP) is 4.27. The maximum absolute atomic E-state index is 12.7. The Morgan fingerprint density at radius 2 is 1.82 bits per heavy atom. The first-order valence-corrected chi connectivity index (χ1v) is 7.42. The van der Waals surface area contributed by atoms with Gasteiger partial charge in [0.05, 0.1) is 13.2 Å². The second kappa shape index (κ2) is 5.85. The Kier molecular flexibility index (Phi) is 3.90. The van der Waals surface area contributed by atoms with E-state index in [0.29, 0.717) is 10.4 Å². The lowest BCUT2D eigenvalue weighted by atomic mass is 10.1. The van der Waals surface area contributed by atoms with Crippen molar-refractivity contribution in [3.63, 3.8) is 0 Å². The molecule has 0 radical (unpaired) electrons. The van der Waals surface area contributed by atoms with Crippen LogP contribution in [0.15, 0.2) is 59.5 Å². The molecule has 3 rings (SSSR count). The molecule has 0 N–H and O–H groups in total. The number of benzene rings is 2. The average molecular weight is 314 g/mol. The third-order valence-corrected chi connectivity index (χ3v) is 4.15. The summed E-state index contributed by atoms with van der Waals surface area (Å²) in [7, 11) is 1.63. The van der Waals surface area contributed by atoms with Gasteiger partial charge in [-0.1, -0.05) is 29.8 Å². The lowest BCUT2D eigenvalue weighted by molar-refractivity contribution is 0.414. The fourth-order valence-electron chi connectivity index (χ4n) is 2.57. The Labute approximate surface area is 133 Å². The summed E-state index contributed by atoms with van der Waals surface area (Å²) in [5.74, 6) is 0.800. The van der Waals surface area contributed by atoms with Gasteiger partial charge in [0.2, 0.25) is 0 Å². The molecule has 0 aliphatic carbocycles. The predicted molar refractivity (Wildman–Crippen MR) is 90.0 cm³/mol. The van der Waals surface area contributed by atoms with Gasteiger partial charge < -0.3 is 9.30 Å². The van der Waals surface area contributed by atoms with Gasteiger partial charge in [-0.15, -0.1) is 0 Å². The fraction of sp³-hybridized carbons (Fsp3) is 0.167. The van der Waals surface area contributed by atoms with Crippen LogP contribution in [0.3, 0.4) is 0 Å². The number of rotatable bonds is 3. The average Bonchev–Trinajstić information content (AvgIpc) is 2.55. The number of hydrogen-bond acceptors (Lipinski definition) is 2. The smallest absolute Gasteiger partial charge is 0.259 e. The standard InChI is InChI=1S/C18H16ClNO2/c1-12(13-4-7-16(22-2)8-5-13)20-10-9-14-3-6-15(19)11-17(14)18(20)21/h3-12H,1-2H3. The zero-order valence-corrected chi connectivity index (χ0v) is 13.2. The van der Waals surface area contributed by atoms with Crippen LogP contribution in [0.1, 0.15) is 18.5 Å². The minimum Gasteiger partial charge on any atom is -0.497 e. The van der Waals surface area contributed by atoms with E-state index in [0.717, 1.165) is 16.7 Å². The van der Waals surface area contributed by atoms with Crippen LogP contribution in [0.4, 0.5) is 0 Å². The SMILES string of the molecule is COc1ccc(C(C)n2ccc3ccc(Cl)cc3c2=O)cc1. The van der Waals surface area contributed by atoms with Crippen LogP contribution in [-0.2, 0) is 0 Å². The highest BCUT2D eigenvalue weighted by molar-refractivity contribution is 6.31. The molecule has 2 aromatic carbocycles. The van der Waals surface area contributed by atoms with Crippen molar-refractivity contribution in [2.45, 2.75) is 13.0 Å². The van der Waals surface area contributed by atoms with Gasteiger partial charge in [0.15, 0.2) is 0 Å². The molecule has 1 heterocycles. The highest BCUT2D eigenvalue weighted by atomic mass is 35.5. The molecule has 0 saturated heterocycles. The lowest BCUT2D eigenvalue weighted by Crippen LogP contribution is -2.23. The number of ether oxygens (including phenoxy) is 1. The summed E-state index contributed by atoms with van der Waals surface area (Å²) in [6, 6.07) is 15.0. The van der Waals surface area contributed by atoms with Gasteiger partial charge in [-0.05, 0) is 48.2 Å². The van der Waals surface area contributed by atoms with Crippen molar-refractivity contribution < 1.29 is 4.74 Å². The molecule has 0 aliphatic heterocycles. The van der Waals surface area contributed by atoms with E-state index >= 15 is 0 Å². The molecule has 0 amide bonds. The summed E-state index contributed by atoms with van der Waals surface area (Å²) in [5, 5.41) is 2.10. The first kappa shape index (κ1) is 14.7. The van der Waals surface area contributed by atoms with E-state index < -0.39 is 0 Å². The van der Waals surface area contributed by atoms with E-state index in [1.165, 1.54) is 0 Å². The van der Waals surface area contributed by atoms with Crippen LogP contribution in [0, 0.1) is 0 Å². The van der Waals surface area contributed by atoms with E-state index in [2.05, 4.69) is 0 Å². The van der Waals surface area contributed by atoms with Gasteiger partial charge in [-0.3, -0.25) is 4.79 Å². The van der Waals surface area contributed by atoms with Crippen molar-refractivity contribution in [2.24, 2.45) is 0 Å². The zero-order chi connectivity index (χ0) is 15.7. The Balaban J connectivity index is 2.08. The van der Waals surface area contributed by atoms with Crippen molar-refractivity contribution >= 4 is 22.4 Å². The van der Waals surface area contributed by atoms with Crippen LogP contribution in [0.25, 0.3) is 10.8 Å². The van der Waals surface area contributed by atoms with Gasteiger partial charge in [-0.25, -0.2) is 0 Å². The first-order valence-electron chi connectivity index (χ1n) is 7.04. The first-order chi connectivity index (χ1) is 10.6. The molecule has 0 spiro atoms. The van der Waals surface area contributed by atoms with Crippen LogP contribution < -0.4 is 10.3 Å². The fourth-order valence-corrected chi connectivity index (χ4v) is 2.75. The number of pyridine rings is 1. The van der Waals surface area contributed by atoms with Gasteiger partial charge >= 0.3 is 0 Å². The maximum atomic E-state index is 12.7. The van der Waals surface area contributed by atoms with Crippen LogP contribution in [-0.4, -0.2) is 11.7 Å². The normalized spacial score (nSPS) is 12.3. The molecule has 0 bridgehead atoms. The summed E-state index contributed by atoms with van der Waals surface area (Å²) in [5.41, 5.74) is 1.01. The minimum atomic E-state index is -0.0678. The molecular weight excluding hydrogens is 298 g/mol. The molecule has 1 atom stereocenters. The second-order valence-electron chi connectivity index (χ2n) is 5.21. The van der Waals surface area contributed by atoms with Gasteiger partial charge in [-0.2, -0.15) is 0 Å². The quantitative estimate of drug-likeness (QED) is 0.723. The van der Waals surface area contributed by atoms with Crippen molar-refractivity contribution in [1.82, 2.24) is 4.57 Å². The van der Waals surface area contributed by atoms with Gasteiger partial charge in [0, 0.05) is 16.6 Å². The molecular formula is C18H16ClNO2. The summed E-state index contributed by atoms with van der Waals surface area (Å²) in [6.45, 7) is 2.00. The molecule has 4 heteroatoms. The van der Waals surface area contributed by atoms with E-state index in [1.807, 2.05) is 49.5 Å². The Bertz CT molecular complexity index is 868. The summed E-state index contributed by atoms with van der Waals surface area (Å²) in [6.07, 6.45) is 1.83.